The van der Waals surface area contributed by atoms with Gasteiger partial charge in [0.2, 0.25) is 0 Å². The summed E-state index contributed by atoms with van der Waals surface area (Å²) >= 11 is 0. The van der Waals surface area contributed by atoms with Crippen molar-refractivity contribution in [1.29, 1.82) is 0 Å². The number of nitrogens with one attached hydrogen (secondary N) is 3. The lowest BCUT2D eigenvalue weighted by Gasteiger charge is -2.29. The predicted octanol–water partition coefficient (Wildman–Crippen LogP) is 3.64. The Morgan fingerprint density at radius 1 is 1.13 bits per heavy atom. The zero-order valence-corrected chi connectivity index (χ0v) is 16.6. The number of methoxy groups -OCH3 is 1. The normalized spacial score (nSPS) is 15.9. The number of ether oxygens (including phenoxy) is 2. The van der Waals surface area contributed by atoms with Crippen molar-refractivity contribution in [3.05, 3.63) is 64.9 Å². The first-order valence-electron chi connectivity index (χ1n) is 9.19. The molecule has 158 valence electrons. The fourth-order valence-electron chi connectivity index (χ4n) is 3.16. The van der Waals surface area contributed by atoms with Gasteiger partial charge >= 0.3 is 6.03 Å². The van der Waals surface area contributed by atoms with E-state index >= 15 is 0 Å². The molecule has 1 aliphatic heterocycles. The van der Waals surface area contributed by atoms with E-state index in [1.807, 2.05) is 6.92 Å². The monoisotopic (exact) mass is 417 g/mol. The van der Waals surface area contributed by atoms with Crippen molar-refractivity contribution in [2.45, 2.75) is 19.9 Å². The Hall–Kier alpha value is -3.62. The molecule has 0 unspecified atom stereocenters. The number of benzene rings is 2. The molecule has 0 spiro atoms. The number of anilines is 1. The van der Waals surface area contributed by atoms with Crippen LogP contribution in [0.4, 0.5) is 19.3 Å². The average molecular weight is 417 g/mol. The molecule has 0 aliphatic carbocycles. The molecule has 30 heavy (non-hydrogen) atoms. The second-order valence-corrected chi connectivity index (χ2v) is 6.50. The number of halogens is 2. The summed E-state index contributed by atoms with van der Waals surface area (Å²) in [7, 11) is 1.49. The summed E-state index contributed by atoms with van der Waals surface area (Å²) in [6, 6.07) is 6.83. The highest BCUT2D eigenvalue weighted by molar-refractivity contribution is 6.06. The van der Waals surface area contributed by atoms with Crippen molar-refractivity contribution in [2.24, 2.45) is 0 Å². The molecule has 0 radical (unpaired) electrons. The molecule has 3 N–H and O–H groups in total. The molecule has 2 aromatic rings. The van der Waals surface area contributed by atoms with E-state index < -0.39 is 29.6 Å². The van der Waals surface area contributed by atoms with Gasteiger partial charge in [-0.2, -0.15) is 0 Å². The number of carbonyl (C=O) groups is 2. The third-order valence-electron chi connectivity index (χ3n) is 4.51. The van der Waals surface area contributed by atoms with Gasteiger partial charge in [0.05, 0.1) is 25.3 Å². The van der Waals surface area contributed by atoms with E-state index in [1.54, 1.807) is 25.1 Å². The van der Waals surface area contributed by atoms with Crippen LogP contribution in [-0.4, -0.2) is 25.7 Å². The first kappa shape index (κ1) is 21.1. The van der Waals surface area contributed by atoms with Crippen LogP contribution in [0.5, 0.6) is 11.5 Å². The van der Waals surface area contributed by atoms with E-state index in [9.17, 15) is 18.4 Å². The number of amides is 3. The predicted molar refractivity (Wildman–Crippen MR) is 106 cm³/mol. The molecule has 7 nitrogen and oxygen atoms in total. The van der Waals surface area contributed by atoms with Crippen LogP contribution in [0.2, 0.25) is 0 Å². The van der Waals surface area contributed by atoms with Gasteiger partial charge in [-0.15, -0.1) is 0 Å². The molecule has 3 amide bonds. The number of hydrogen-bond donors (Lipinski definition) is 3. The number of urea groups is 1. The van der Waals surface area contributed by atoms with E-state index in [0.29, 0.717) is 29.4 Å². The minimum absolute atomic E-state index is 0.0825. The number of hydrogen-bond acceptors (Lipinski definition) is 4. The van der Waals surface area contributed by atoms with E-state index in [0.717, 1.165) is 12.1 Å². The van der Waals surface area contributed by atoms with Crippen LogP contribution < -0.4 is 25.4 Å². The highest BCUT2D eigenvalue weighted by Crippen LogP contribution is 2.34. The van der Waals surface area contributed by atoms with Gasteiger partial charge in [0, 0.05) is 17.5 Å². The standard InChI is InChI=1S/C21H21F2N3O4/c1-4-30-16-8-5-12(9-17(16)29-3)19-18(11(2)24-21(28)26-19)20(27)25-13-6-7-14(22)15(23)10-13/h5-10,19H,4H2,1-3H3,(H,25,27)(H2,24,26,28)/t19-/m0/s1. The summed E-state index contributed by atoms with van der Waals surface area (Å²) in [5.41, 5.74) is 1.21. The Morgan fingerprint density at radius 2 is 1.90 bits per heavy atom. The van der Waals surface area contributed by atoms with Gasteiger partial charge < -0.3 is 25.4 Å². The minimum Gasteiger partial charge on any atom is -0.493 e. The lowest BCUT2D eigenvalue weighted by molar-refractivity contribution is -0.113. The smallest absolute Gasteiger partial charge is 0.319 e. The second-order valence-electron chi connectivity index (χ2n) is 6.50. The molecule has 2 aromatic carbocycles. The van der Waals surface area contributed by atoms with Gasteiger partial charge in [-0.3, -0.25) is 4.79 Å². The summed E-state index contributed by atoms with van der Waals surface area (Å²) in [6.07, 6.45) is 0. The van der Waals surface area contributed by atoms with Crippen LogP contribution in [-0.2, 0) is 4.79 Å². The maximum atomic E-state index is 13.5. The fraction of sp³-hybridized carbons (Fsp3) is 0.238. The van der Waals surface area contributed by atoms with Gasteiger partial charge in [0.15, 0.2) is 23.1 Å². The molecule has 0 bridgehead atoms. The largest absolute Gasteiger partial charge is 0.493 e. The lowest BCUT2D eigenvalue weighted by Crippen LogP contribution is -2.46. The zero-order valence-electron chi connectivity index (χ0n) is 16.6. The van der Waals surface area contributed by atoms with E-state index in [-0.39, 0.29) is 11.3 Å². The molecule has 0 aromatic heterocycles. The lowest BCUT2D eigenvalue weighted by atomic mass is 9.94. The average Bonchev–Trinajstić information content (AvgIpc) is 2.70. The van der Waals surface area contributed by atoms with Gasteiger partial charge in [-0.05, 0) is 43.7 Å². The fourth-order valence-corrected chi connectivity index (χ4v) is 3.16. The summed E-state index contributed by atoms with van der Waals surface area (Å²) in [5.74, 6) is -1.71. The Labute approximate surface area is 172 Å². The van der Waals surface area contributed by atoms with Crippen LogP contribution in [0.25, 0.3) is 0 Å². The highest BCUT2D eigenvalue weighted by atomic mass is 19.2. The van der Waals surface area contributed by atoms with Gasteiger partial charge in [-0.25, -0.2) is 13.6 Å². The molecule has 9 heteroatoms. The maximum Gasteiger partial charge on any atom is 0.319 e. The Bertz CT molecular complexity index is 1020. The molecule has 0 fully saturated rings. The van der Waals surface area contributed by atoms with E-state index in [4.69, 9.17) is 9.47 Å². The van der Waals surface area contributed by atoms with Gasteiger partial charge in [0.1, 0.15) is 0 Å². The highest BCUT2D eigenvalue weighted by Gasteiger charge is 2.32. The van der Waals surface area contributed by atoms with Crippen LogP contribution >= 0.6 is 0 Å². The summed E-state index contributed by atoms with van der Waals surface area (Å²) < 4.78 is 37.5. The molecular weight excluding hydrogens is 396 g/mol. The third-order valence-corrected chi connectivity index (χ3v) is 4.51. The Kier molecular flexibility index (Phi) is 6.20. The summed E-state index contributed by atoms with van der Waals surface area (Å²) in [4.78, 5) is 25.0. The number of carbonyl (C=O) groups excluding carboxylic acids is 2. The van der Waals surface area contributed by atoms with Crippen molar-refractivity contribution in [3.8, 4) is 11.5 Å². The number of rotatable bonds is 6. The summed E-state index contributed by atoms with van der Waals surface area (Å²) in [6.45, 7) is 3.87. The van der Waals surface area contributed by atoms with Crippen molar-refractivity contribution in [2.75, 3.05) is 19.0 Å². The zero-order chi connectivity index (χ0) is 21.8. The van der Waals surface area contributed by atoms with Crippen LogP contribution in [0.1, 0.15) is 25.5 Å². The second kappa shape index (κ2) is 8.81. The van der Waals surface area contributed by atoms with E-state index in [1.165, 1.54) is 13.2 Å². The maximum absolute atomic E-state index is 13.5. The third kappa shape index (κ3) is 4.35. The van der Waals surface area contributed by atoms with Crippen molar-refractivity contribution < 1.29 is 27.8 Å². The molecule has 1 heterocycles. The number of allylic oxidation sites excluding steroid dienone is 1. The molecule has 0 saturated carbocycles. The van der Waals surface area contributed by atoms with Crippen LogP contribution in [0.15, 0.2) is 47.7 Å². The van der Waals surface area contributed by atoms with Gasteiger partial charge in [0.25, 0.3) is 5.91 Å². The van der Waals surface area contributed by atoms with Gasteiger partial charge in [-0.1, -0.05) is 6.07 Å². The topological polar surface area (TPSA) is 88.7 Å². The molecule has 1 atom stereocenters. The molecule has 3 rings (SSSR count). The first-order valence-corrected chi connectivity index (χ1v) is 9.19. The van der Waals surface area contributed by atoms with Crippen molar-refractivity contribution in [1.82, 2.24) is 10.6 Å². The van der Waals surface area contributed by atoms with Crippen LogP contribution in [0, 0.1) is 11.6 Å². The Balaban J connectivity index is 1.96. The van der Waals surface area contributed by atoms with Crippen molar-refractivity contribution >= 4 is 17.6 Å². The quantitative estimate of drug-likeness (QED) is 0.670. The minimum atomic E-state index is -1.08. The summed E-state index contributed by atoms with van der Waals surface area (Å²) in [5, 5.41) is 7.79. The van der Waals surface area contributed by atoms with E-state index in [2.05, 4.69) is 16.0 Å². The Morgan fingerprint density at radius 3 is 2.57 bits per heavy atom. The molecular formula is C21H21F2N3O4. The van der Waals surface area contributed by atoms with Crippen LogP contribution in [0.3, 0.4) is 0 Å². The SMILES string of the molecule is CCOc1ccc([C@@H]2NC(=O)NC(C)=C2C(=O)Nc2ccc(F)c(F)c2)cc1OC. The molecule has 1 aliphatic rings. The first-order chi connectivity index (χ1) is 14.3. The van der Waals surface area contributed by atoms with Crippen molar-refractivity contribution in [3.63, 3.8) is 0 Å². The molecule has 0 saturated heterocycles.